The number of anilines is 3. The lowest BCUT2D eigenvalue weighted by molar-refractivity contribution is 0.768. The predicted octanol–water partition coefficient (Wildman–Crippen LogP) is 14.3. The molecule has 0 bridgehead atoms. The number of hydrogen-bond acceptors (Lipinski definition) is 3. The summed E-state index contributed by atoms with van der Waals surface area (Å²) in [7, 11) is 0. The summed E-state index contributed by atoms with van der Waals surface area (Å²) < 4.78 is 5.22. The van der Waals surface area contributed by atoms with Crippen molar-refractivity contribution in [3.05, 3.63) is 210 Å². The zero-order valence-electron chi connectivity index (χ0n) is 28.2. The Labute approximate surface area is 310 Å². The van der Waals surface area contributed by atoms with Crippen LogP contribution in [0.3, 0.4) is 0 Å². The lowest BCUT2D eigenvalue weighted by atomic mass is 9.68. The molecule has 1 aliphatic rings. The van der Waals surface area contributed by atoms with Crippen LogP contribution >= 0.6 is 22.7 Å². The van der Waals surface area contributed by atoms with Gasteiger partial charge in [-0.25, -0.2) is 0 Å². The van der Waals surface area contributed by atoms with E-state index in [9.17, 15) is 0 Å². The second-order valence-electron chi connectivity index (χ2n) is 13.6. The summed E-state index contributed by atoms with van der Waals surface area (Å²) >= 11 is 3.76. The van der Waals surface area contributed by atoms with E-state index in [1.54, 1.807) is 0 Å². The Hall–Kier alpha value is -6.00. The molecule has 1 nitrogen and oxygen atoms in total. The molecule has 3 heteroatoms. The molecule has 0 fully saturated rings. The van der Waals surface area contributed by atoms with Crippen molar-refractivity contribution in [3.8, 4) is 11.1 Å². The molecule has 0 saturated carbocycles. The molecule has 1 aliphatic carbocycles. The highest BCUT2D eigenvalue weighted by atomic mass is 32.1. The largest absolute Gasteiger partial charge is 0.308 e. The third-order valence-corrected chi connectivity index (χ3v) is 13.3. The molecule has 244 valence electrons. The maximum atomic E-state index is 2.55. The SMILES string of the molecule is c1ccc(C2(c3ccccc3)c3ccccc3-c3c(N(c4ccc5sc6ccccc6c5c4)c4cccc5c4sc4ccccc45)cccc32)cc1. The van der Waals surface area contributed by atoms with Gasteiger partial charge in [-0.15, -0.1) is 22.7 Å². The van der Waals surface area contributed by atoms with E-state index in [0.29, 0.717) is 0 Å². The minimum Gasteiger partial charge on any atom is -0.308 e. The van der Waals surface area contributed by atoms with Crippen LogP contribution in [0.1, 0.15) is 22.3 Å². The highest BCUT2D eigenvalue weighted by molar-refractivity contribution is 7.26. The Balaban J connectivity index is 1.27. The molecule has 0 N–H and O–H groups in total. The fourth-order valence-corrected chi connectivity index (χ4v) is 11.1. The van der Waals surface area contributed by atoms with E-state index in [1.165, 1.54) is 85.1 Å². The van der Waals surface area contributed by atoms with Gasteiger partial charge in [-0.05, 0) is 70.3 Å². The predicted molar refractivity (Wildman–Crippen MR) is 224 cm³/mol. The topological polar surface area (TPSA) is 3.24 Å². The normalized spacial score (nSPS) is 13.2. The third-order valence-electron chi connectivity index (χ3n) is 10.9. The smallest absolute Gasteiger partial charge is 0.0714 e. The van der Waals surface area contributed by atoms with Crippen molar-refractivity contribution in [2.45, 2.75) is 5.41 Å². The summed E-state index contributed by atoms with van der Waals surface area (Å²) in [5.41, 5.74) is 10.8. The average Bonchev–Trinajstić information content (AvgIpc) is 3.88. The van der Waals surface area contributed by atoms with Crippen molar-refractivity contribution in [2.75, 3.05) is 4.90 Å². The van der Waals surface area contributed by atoms with Gasteiger partial charge in [0.25, 0.3) is 0 Å². The van der Waals surface area contributed by atoms with Gasteiger partial charge in [0.2, 0.25) is 0 Å². The monoisotopic (exact) mass is 697 g/mol. The molecular weight excluding hydrogens is 667 g/mol. The number of fused-ring (bicyclic) bond motifs is 9. The highest BCUT2D eigenvalue weighted by Gasteiger charge is 2.47. The van der Waals surface area contributed by atoms with E-state index in [4.69, 9.17) is 0 Å². The lowest BCUT2D eigenvalue weighted by Crippen LogP contribution is -2.28. The summed E-state index contributed by atoms with van der Waals surface area (Å²) in [5, 5.41) is 5.20. The van der Waals surface area contributed by atoms with E-state index in [1.807, 2.05) is 22.7 Å². The van der Waals surface area contributed by atoms with Crippen LogP contribution < -0.4 is 4.90 Å². The molecule has 10 aromatic rings. The van der Waals surface area contributed by atoms with Gasteiger partial charge in [0.05, 0.1) is 21.5 Å². The van der Waals surface area contributed by atoms with Gasteiger partial charge in [-0.1, -0.05) is 146 Å². The molecule has 8 aromatic carbocycles. The van der Waals surface area contributed by atoms with Gasteiger partial charge in [0.15, 0.2) is 0 Å². The second kappa shape index (κ2) is 11.5. The Bertz CT molecular complexity index is 2930. The van der Waals surface area contributed by atoms with Gasteiger partial charge >= 0.3 is 0 Å². The van der Waals surface area contributed by atoms with Crippen molar-refractivity contribution in [1.82, 2.24) is 0 Å². The molecule has 0 amide bonds. The standard InChI is InChI=1S/C49H31NS2/c1-3-15-32(16-4-1)49(33-17-5-2-6-18-33)40-23-10-7-21-38(40)47-41(49)24-14-25-42(47)50(34-29-30-46-39(31-34)36-20-9-11-27-44(36)51-46)43-26-13-22-37-35-19-8-12-28-45(35)52-48(37)43/h1-31H. The van der Waals surface area contributed by atoms with Crippen LogP contribution in [0.25, 0.3) is 51.5 Å². The van der Waals surface area contributed by atoms with E-state index < -0.39 is 5.41 Å². The van der Waals surface area contributed by atoms with E-state index >= 15 is 0 Å². The summed E-state index contributed by atoms with van der Waals surface area (Å²) in [6.45, 7) is 0. The molecule has 0 atom stereocenters. The number of benzene rings is 8. The van der Waals surface area contributed by atoms with Crippen molar-refractivity contribution < 1.29 is 0 Å². The molecule has 0 saturated heterocycles. The molecule has 2 aromatic heterocycles. The van der Waals surface area contributed by atoms with Crippen LogP contribution in [0.5, 0.6) is 0 Å². The van der Waals surface area contributed by atoms with Crippen LogP contribution in [0.2, 0.25) is 0 Å². The third kappa shape index (κ3) is 4.15. The first kappa shape index (κ1) is 29.7. The second-order valence-corrected chi connectivity index (χ2v) is 15.7. The summed E-state index contributed by atoms with van der Waals surface area (Å²) in [5.74, 6) is 0. The number of hydrogen-bond donors (Lipinski definition) is 0. The maximum Gasteiger partial charge on any atom is 0.0714 e. The van der Waals surface area contributed by atoms with Crippen molar-refractivity contribution >= 4 is 80.1 Å². The quantitative estimate of drug-likeness (QED) is 0.173. The maximum absolute atomic E-state index is 2.55. The van der Waals surface area contributed by atoms with Crippen LogP contribution in [0.4, 0.5) is 17.1 Å². The average molecular weight is 698 g/mol. The Morgan fingerprint density at radius 3 is 1.71 bits per heavy atom. The van der Waals surface area contributed by atoms with Gasteiger partial charge in [0, 0.05) is 46.9 Å². The Morgan fingerprint density at radius 2 is 0.942 bits per heavy atom. The molecule has 11 rings (SSSR count). The number of thiophene rings is 2. The first-order chi connectivity index (χ1) is 25.8. The summed E-state index contributed by atoms with van der Waals surface area (Å²) in [6.07, 6.45) is 0. The van der Waals surface area contributed by atoms with Crippen molar-refractivity contribution in [3.63, 3.8) is 0 Å². The molecule has 52 heavy (non-hydrogen) atoms. The zero-order valence-corrected chi connectivity index (χ0v) is 29.8. The molecule has 0 spiro atoms. The van der Waals surface area contributed by atoms with Crippen molar-refractivity contribution in [2.24, 2.45) is 0 Å². The molecule has 2 heterocycles. The lowest BCUT2D eigenvalue weighted by Gasteiger charge is -2.34. The highest BCUT2D eigenvalue weighted by Crippen LogP contribution is 2.60. The van der Waals surface area contributed by atoms with Crippen LogP contribution in [0.15, 0.2) is 188 Å². The molecule has 0 aliphatic heterocycles. The summed E-state index contributed by atoms with van der Waals surface area (Å²) in [4.78, 5) is 2.55. The van der Waals surface area contributed by atoms with Gasteiger partial charge in [-0.2, -0.15) is 0 Å². The van der Waals surface area contributed by atoms with Crippen LogP contribution in [-0.4, -0.2) is 0 Å². The van der Waals surface area contributed by atoms with E-state index in [2.05, 4.69) is 193 Å². The first-order valence-electron chi connectivity index (χ1n) is 17.8. The van der Waals surface area contributed by atoms with Gasteiger partial charge < -0.3 is 4.90 Å². The molecule has 0 radical (unpaired) electrons. The van der Waals surface area contributed by atoms with E-state index in [-0.39, 0.29) is 0 Å². The van der Waals surface area contributed by atoms with Crippen LogP contribution in [0, 0.1) is 0 Å². The summed E-state index contributed by atoms with van der Waals surface area (Å²) in [6, 6.07) is 69.8. The van der Waals surface area contributed by atoms with E-state index in [0.717, 1.165) is 5.69 Å². The van der Waals surface area contributed by atoms with Crippen LogP contribution in [-0.2, 0) is 5.41 Å². The van der Waals surface area contributed by atoms with Crippen molar-refractivity contribution in [1.29, 1.82) is 0 Å². The fraction of sp³-hybridized carbons (Fsp3) is 0.0204. The van der Waals surface area contributed by atoms with Gasteiger partial charge in [0.1, 0.15) is 0 Å². The minimum absolute atomic E-state index is 0.479. The minimum atomic E-state index is -0.479. The van der Waals surface area contributed by atoms with Gasteiger partial charge in [-0.3, -0.25) is 0 Å². The molecular formula is C49H31NS2. The zero-order chi connectivity index (χ0) is 34.2. The Morgan fingerprint density at radius 1 is 0.385 bits per heavy atom. The molecule has 0 unspecified atom stereocenters. The Kier molecular flexibility index (Phi) is 6.57. The number of rotatable bonds is 5. The first-order valence-corrected chi connectivity index (χ1v) is 19.4. The fourth-order valence-electron chi connectivity index (χ4n) is 8.83. The number of nitrogens with zero attached hydrogens (tertiary/aromatic N) is 1.